The zero-order chi connectivity index (χ0) is 20.4. The van der Waals surface area contributed by atoms with E-state index in [0.29, 0.717) is 5.56 Å². The zero-order valence-corrected chi connectivity index (χ0v) is 16.4. The average Bonchev–Trinajstić information content (AvgIpc) is 2.74. The molecule has 3 heterocycles. The second kappa shape index (κ2) is 7.57. The van der Waals surface area contributed by atoms with Crippen molar-refractivity contribution in [2.24, 2.45) is 0 Å². The van der Waals surface area contributed by atoms with Crippen LogP contribution in [0.1, 0.15) is 6.92 Å². The highest BCUT2D eigenvalue weighted by atomic mass is 32.2. The summed E-state index contributed by atoms with van der Waals surface area (Å²) < 4.78 is 27.1. The van der Waals surface area contributed by atoms with Crippen molar-refractivity contribution in [2.75, 3.05) is 6.54 Å². The number of hydrogen-bond donors (Lipinski definition) is 2. The standard InChI is InChI=1S/C21H18N4O3S/c1-2-25-29(27,28)20-12-16(13-24-21(20)26)15-3-4-19-18(11-15)17(7-10-23-19)14-5-8-22-9-6-14/h3-13,25H,2H2,1H3,(H,24,26). The van der Waals surface area contributed by atoms with Crippen LogP contribution in [0.15, 0.2) is 72.1 Å². The van der Waals surface area contributed by atoms with E-state index in [9.17, 15) is 13.5 Å². The van der Waals surface area contributed by atoms with Crippen LogP contribution in [0.5, 0.6) is 5.88 Å². The van der Waals surface area contributed by atoms with Gasteiger partial charge in [-0.3, -0.25) is 9.97 Å². The lowest BCUT2D eigenvalue weighted by Gasteiger charge is -2.11. The van der Waals surface area contributed by atoms with E-state index in [0.717, 1.165) is 27.6 Å². The lowest BCUT2D eigenvalue weighted by molar-refractivity contribution is 0.436. The number of rotatable bonds is 5. The third-order valence-corrected chi connectivity index (χ3v) is 6.07. The van der Waals surface area contributed by atoms with Crippen molar-refractivity contribution in [3.63, 3.8) is 0 Å². The molecule has 4 aromatic rings. The maximum Gasteiger partial charge on any atom is 0.245 e. The molecule has 0 saturated heterocycles. The number of aromatic nitrogens is 3. The number of sulfonamides is 1. The lowest BCUT2D eigenvalue weighted by atomic mass is 9.98. The summed E-state index contributed by atoms with van der Waals surface area (Å²) in [4.78, 5) is 12.1. The smallest absolute Gasteiger partial charge is 0.245 e. The highest BCUT2D eigenvalue weighted by Gasteiger charge is 2.20. The fraction of sp³-hybridized carbons (Fsp3) is 0.0952. The van der Waals surface area contributed by atoms with Crippen LogP contribution in [0.2, 0.25) is 0 Å². The predicted molar refractivity (Wildman–Crippen MR) is 111 cm³/mol. The fourth-order valence-electron chi connectivity index (χ4n) is 3.17. The molecule has 0 aliphatic carbocycles. The first-order valence-electron chi connectivity index (χ1n) is 8.98. The highest BCUT2D eigenvalue weighted by molar-refractivity contribution is 7.89. The van der Waals surface area contributed by atoms with Gasteiger partial charge in [0.1, 0.15) is 4.90 Å². The van der Waals surface area contributed by atoms with E-state index in [1.165, 1.54) is 12.3 Å². The van der Waals surface area contributed by atoms with E-state index in [1.54, 1.807) is 25.5 Å². The Kier molecular flexibility index (Phi) is 4.96. The third kappa shape index (κ3) is 3.67. The molecule has 2 N–H and O–H groups in total. The maximum absolute atomic E-state index is 12.4. The molecule has 0 atom stereocenters. The predicted octanol–water partition coefficient (Wildman–Crippen LogP) is 3.36. The normalized spacial score (nSPS) is 11.6. The van der Waals surface area contributed by atoms with E-state index in [4.69, 9.17) is 0 Å². The van der Waals surface area contributed by atoms with Crippen LogP contribution in [0.25, 0.3) is 33.2 Å². The van der Waals surface area contributed by atoms with E-state index in [-0.39, 0.29) is 11.4 Å². The molecule has 146 valence electrons. The van der Waals surface area contributed by atoms with Gasteiger partial charge in [-0.25, -0.2) is 18.1 Å². The van der Waals surface area contributed by atoms with Crippen molar-refractivity contribution in [1.82, 2.24) is 19.7 Å². The van der Waals surface area contributed by atoms with E-state index in [1.807, 2.05) is 36.4 Å². The molecule has 0 fully saturated rings. The Balaban J connectivity index is 1.88. The minimum atomic E-state index is -3.85. The Morgan fingerprint density at radius 2 is 1.72 bits per heavy atom. The van der Waals surface area contributed by atoms with Crippen LogP contribution in [0.3, 0.4) is 0 Å². The molecule has 0 unspecified atom stereocenters. The number of benzene rings is 1. The number of fused-ring (bicyclic) bond motifs is 1. The summed E-state index contributed by atoms with van der Waals surface area (Å²) in [5, 5.41) is 10.9. The Morgan fingerprint density at radius 1 is 0.931 bits per heavy atom. The monoisotopic (exact) mass is 406 g/mol. The molecule has 4 rings (SSSR count). The van der Waals surface area contributed by atoms with Gasteiger partial charge < -0.3 is 5.11 Å². The van der Waals surface area contributed by atoms with Gasteiger partial charge in [-0.2, -0.15) is 0 Å². The highest BCUT2D eigenvalue weighted by Crippen LogP contribution is 2.32. The summed E-state index contributed by atoms with van der Waals surface area (Å²) >= 11 is 0. The number of pyridine rings is 3. The molecule has 0 amide bonds. The molecule has 7 nitrogen and oxygen atoms in total. The summed E-state index contributed by atoms with van der Waals surface area (Å²) in [6.45, 7) is 1.88. The van der Waals surface area contributed by atoms with Crippen molar-refractivity contribution >= 4 is 20.9 Å². The van der Waals surface area contributed by atoms with Crippen LogP contribution >= 0.6 is 0 Å². The molecular formula is C21H18N4O3S. The Bertz CT molecular complexity index is 1290. The number of hydrogen-bond acceptors (Lipinski definition) is 6. The maximum atomic E-state index is 12.4. The quantitative estimate of drug-likeness (QED) is 0.527. The summed E-state index contributed by atoms with van der Waals surface area (Å²) in [5.74, 6) is -0.533. The van der Waals surface area contributed by atoms with Gasteiger partial charge in [0.05, 0.1) is 5.52 Å². The van der Waals surface area contributed by atoms with Gasteiger partial charge in [-0.1, -0.05) is 13.0 Å². The van der Waals surface area contributed by atoms with Crippen LogP contribution in [0, 0.1) is 0 Å². The topological polar surface area (TPSA) is 105 Å². The first-order chi connectivity index (χ1) is 14.0. The molecule has 8 heteroatoms. The van der Waals surface area contributed by atoms with Crippen molar-refractivity contribution in [2.45, 2.75) is 11.8 Å². The summed E-state index contributed by atoms with van der Waals surface area (Å²) in [7, 11) is -3.85. The van der Waals surface area contributed by atoms with E-state index >= 15 is 0 Å². The first kappa shape index (κ1) is 19.0. The van der Waals surface area contributed by atoms with Crippen molar-refractivity contribution < 1.29 is 13.5 Å². The molecule has 3 aromatic heterocycles. The number of aromatic hydroxyl groups is 1. The molecule has 1 aromatic carbocycles. The summed E-state index contributed by atoms with van der Waals surface area (Å²) in [6, 6.07) is 12.9. The van der Waals surface area contributed by atoms with Gasteiger partial charge in [0.25, 0.3) is 0 Å². The third-order valence-electron chi connectivity index (χ3n) is 4.52. The van der Waals surface area contributed by atoms with E-state index in [2.05, 4.69) is 19.7 Å². The molecule has 0 spiro atoms. The largest absolute Gasteiger partial charge is 0.492 e. The Labute approximate surface area is 168 Å². The molecule has 0 aliphatic rings. The summed E-state index contributed by atoms with van der Waals surface area (Å²) in [6.07, 6.45) is 6.66. The average molecular weight is 406 g/mol. The number of nitrogens with one attached hydrogen (secondary N) is 1. The van der Waals surface area contributed by atoms with Gasteiger partial charge in [0.2, 0.25) is 15.9 Å². The lowest BCUT2D eigenvalue weighted by Crippen LogP contribution is -2.23. The SMILES string of the molecule is CCNS(=O)(=O)c1cc(-c2ccc3nccc(-c4ccncc4)c3c2)cnc1O. The molecule has 0 bridgehead atoms. The Morgan fingerprint density at radius 3 is 2.48 bits per heavy atom. The second-order valence-electron chi connectivity index (χ2n) is 6.37. The molecule has 0 radical (unpaired) electrons. The van der Waals surface area contributed by atoms with Gasteiger partial charge >= 0.3 is 0 Å². The van der Waals surface area contributed by atoms with Gasteiger partial charge in [-0.15, -0.1) is 0 Å². The van der Waals surface area contributed by atoms with Crippen LogP contribution in [0.4, 0.5) is 0 Å². The van der Waals surface area contributed by atoms with Gasteiger partial charge in [0.15, 0.2) is 0 Å². The van der Waals surface area contributed by atoms with Crippen molar-refractivity contribution in [3.8, 4) is 28.1 Å². The van der Waals surface area contributed by atoms with E-state index < -0.39 is 15.9 Å². The van der Waals surface area contributed by atoms with Gasteiger partial charge in [-0.05, 0) is 53.1 Å². The first-order valence-corrected chi connectivity index (χ1v) is 10.5. The van der Waals surface area contributed by atoms with Crippen LogP contribution in [-0.4, -0.2) is 35.0 Å². The van der Waals surface area contributed by atoms with Crippen molar-refractivity contribution in [3.05, 3.63) is 67.3 Å². The number of nitrogens with zero attached hydrogens (tertiary/aromatic N) is 3. The zero-order valence-electron chi connectivity index (χ0n) is 15.6. The minimum Gasteiger partial charge on any atom is -0.492 e. The summed E-state index contributed by atoms with van der Waals surface area (Å²) in [5.41, 5.74) is 4.15. The minimum absolute atomic E-state index is 0.211. The van der Waals surface area contributed by atoms with Crippen LogP contribution in [-0.2, 0) is 10.0 Å². The van der Waals surface area contributed by atoms with Gasteiger partial charge in [0, 0.05) is 42.3 Å². The molecular weight excluding hydrogens is 388 g/mol. The molecule has 29 heavy (non-hydrogen) atoms. The molecule has 0 aliphatic heterocycles. The van der Waals surface area contributed by atoms with Crippen molar-refractivity contribution in [1.29, 1.82) is 0 Å². The molecule has 0 saturated carbocycles. The second-order valence-corrected chi connectivity index (χ2v) is 8.11. The fourth-order valence-corrected chi connectivity index (χ4v) is 4.28. The van der Waals surface area contributed by atoms with Crippen LogP contribution < -0.4 is 4.72 Å². The Hall–Kier alpha value is -3.36.